The first-order valence-corrected chi connectivity index (χ1v) is 7.21. The molecule has 1 aliphatic rings. The average Bonchev–Trinajstić information content (AvgIpc) is 2.59. The van der Waals surface area contributed by atoms with Crippen LogP contribution < -0.4 is 10.2 Å². The van der Waals surface area contributed by atoms with E-state index in [2.05, 4.69) is 5.32 Å². The number of hydrogen-bond donors (Lipinski definition) is 1. The van der Waals surface area contributed by atoms with Gasteiger partial charge in [0.1, 0.15) is 0 Å². The van der Waals surface area contributed by atoms with Crippen LogP contribution in [0, 0.1) is 10.1 Å². The number of carbonyl (C=O) groups is 2. The number of nitrogens with one attached hydrogen (secondary N) is 1. The zero-order valence-corrected chi connectivity index (χ0v) is 14.2. The summed E-state index contributed by atoms with van der Waals surface area (Å²) in [7, 11) is 2.41. The molecule has 9 nitrogen and oxygen atoms in total. The molecule has 0 saturated heterocycles. The fourth-order valence-electron chi connectivity index (χ4n) is 2.53. The number of rotatable bonds is 4. The number of nitro groups is 1. The van der Waals surface area contributed by atoms with Gasteiger partial charge in [-0.15, -0.1) is 0 Å². The zero-order valence-electron chi connectivity index (χ0n) is 14.2. The largest absolute Gasteiger partial charge is 0.464 e. The molecule has 9 heteroatoms. The third-order valence-corrected chi connectivity index (χ3v) is 3.59. The molecule has 0 radical (unpaired) electrons. The van der Waals surface area contributed by atoms with Crippen LogP contribution in [0.2, 0.25) is 0 Å². The number of carbonyl (C=O) groups excluding carboxylic acids is 2. The minimum Gasteiger partial charge on any atom is -0.464 e. The summed E-state index contributed by atoms with van der Waals surface area (Å²) in [5.41, 5.74) is 1.02. The molecular formula is C16H17N3O6. The Morgan fingerprint density at radius 1 is 1.08 bits per heavy atom. The number of esters is 2. The highest BCUT2D eigenvalue weighted by molar-refractivity contribution is 6.03. The summed E-state index contributed by atoms with van der Waals surface area (Å²) in [6.45, 7) is 3.27. The standard InChI is InChI=1S/C16H17N3O6/c1-9-13(15(20)24-3)18(14(10(2)17-9)16(21)25-4)11-6-5-7-12(8-11)19(22)23/h5-8,17H,1-4H3. The lowest BCUT2D eigenvalue weighted by atomic mass is 10.1. The predicted molar refractivity (Wildman–Crippen MR) is 88.1 cm³/mol. The number of hydrogen-bond acceptors (Lipinski definition) is 8. The van der Waals surface area contributed by atoms with Crippen LogP contribution in [0.25, 0.3) is 0 Å². The van der Waals surface area contributed by atoms with E-state index in [1.807, 2.05) is 0 Å². The number of allylic oxidation sites excluding steroid dienone is 2. The summed E-state index contributed by atoms with van der Waals surface area (Å²) < 4.78 is 9.60. The van der Waals surface area contributed by atoms with Crippen LogP contribution in [0.3, 0.4) is 0 Å². The zero-order chi connectivity index (χ0) is 18.7. The molecule has 0 unspecified atom stereocenters. The number of anilines is 1. The first kappa shape index (κ1) is 18.0. The van der Waals surface area contributed by atoms with Crippen molar-refractivity contribution in [1.82, 2.24) is 5.32 Å². The fraction of sp³-hybridized carbons (Fsp3) is 0.250. The SMILES string of the molecule is COC(=O)C1=C(C)NC(C)=C(C(=O)OC)N1c1cccc([N+](=O)[O-])c1. The van der Waals surface area contributed by atoms with E-state index in [0.717, 1.165) is 0 Å². The van der Waals surface area contributed by atoms with Crippen LogP contribution in [-0.2, 0) is 19.1 Å². The minimum atomic E-state index is -0.703. The smallest absolute Gasteiger partial charge is 0.356 e. The Morgan fingerprint density at radius 2 is 1.60 bits per heavy atom. The molecule has 1 aliphatic heterocycles. The summed E-state index contributed by atoms with van der Waals surface area (Å²) in [5.74, 6) is -1.41. The average molecular weight is 347 g/mol. The van der Waals surface area contributed by atoms with Crippen LogP contribution in [0.5, 0.6) is 0 Å². The molecular weight excluding hydrogens is 330 g/mol. The number of ether oxygens (including phenoxy) is 2. The van der Waals surface area contributed by atoms with Crippen molar-refractivity contribution in [1.29, 1.82) is 0 Å². The summed E-state index contributed by atoms with van der Waals surface area (Å²) in [5, 5.41) is 14.0. The van der Waals surface area contributed by atoms with Crippen molar-refractivity contribution >= 4 is 23.3 Å². The van der Waals surface area contributed by atoms with E-state index in [-0.39, 0.29) is 22.8 Å². The molecule has 132 valence electrons. The molecule has 1 aromatic rings. The molecule has 0 fully saturated rings. The third kappa shape index (κ3) is 3.30. The predicted octanol–water partition coefficient (Wildman–Crippen LogP) is 1.81. The van der Waals surface area contributed by atoms with Crippen molar-refractivity contribution < 1.29 is 24.0 Å². The molecule has 0 aliphatic carbocycles. The Hall–Kier alpha value is -3.36. The number of methoxy groups -OCH3 is 2. The summed E-state index contributed by atoms with van der Waals surface area (Å²) in [6.07, 6.45) is 0. The molecule has 0 amide bonds. The van der Waals surface area contributed by atoms with Gasteiger partial charge in [0.25, 0.3) is 5.69 Å². The van der Waals surface area contributed by atoms with Crippen molar-refractivity contribution in [3.05, 3.63) is 57.2 Å². The Morgan fingerprint density at radius 3 is 2.04 bits per heavy atom. The molecule has 0 saturated carbocycles. The molecule has 2 rings (SSSR count). The van der Waals surface area contributed by atoms with Gasteiger partial charge >= 0.3 is 11.9 Å². The van der Waals surface area contributed by atoms with E-state index in [4.69, 9.17) is 9.47 Å². The van der Waals surface area contributed by atoms with Gasteiger partial charge in [-0.1, -0.05) is 6.07 Å². The fourth-order valence-corrected chi connectivity index (χ4v) is 2.53. The monoisotopic (exact) mass is 347 g/mol. The minimum absolute atomic E-state index is 0.0361. The lowest BCUT2D eigenvalue weighted by Crippen LogP contribution is -2.40. The number of nitrogens with zero attached hydrogens (tertiary/aromatic N) is 2. The molecule has 0 bridgehead atoms. The van der Waals surface area contributed by atoms with Crippen molar-refractivity contribution in [2.24, 2.45) is 0 Å². The lowest BCUT2D eigenvalue weighted by molar-refractivity contribution is -0.384. The Kier molecular flexibility index (Phi) is 5.06. The van der Waals surface area contributed by atoms with Gasteiger partial charge in [-0.2, -0.15) is 0 Å². The number of non-ortho nitro benzene ring substituents is 1. The maximum Gasteiger partial charge on any atom is 0.356 e. The van der Waals surface area contributed by atoms with Crippen LogP contribution in [-0.4, -0.2) is 31.1 Å². The molecule has 1 N–H and O–H groups in total. The quantitative estimate of drug-likeness (QED) is 0.499. The van der Waals surface area contributed by atoms with Gasteiger partial charge in [0, 0.05) is 23.5 Å². The van der Waals surface area contributed by atoms with E-state index in [0.29, 0.717) is 11.4 Å². The highest BCUT2D eigenvalue weighted by Crippen LogP contribution is 2.33. The highest BCUT2D eigenvalue weighted by Gasteiger charge is 2.35. The molecule has 25 heavy (non-hydrogen) atoms. The molecule has 0 atom stereocenters. The molecule has 0 aromatic heterocycles. The second-order valence-corrected chi connectivity index (χ2v) is 5.17. The van der Waals surface area contributed by atoms with E-state index in [9.17, 15) is 19.7 Å². The molecule has 0 spiro atoms. The summed E-state index contributed by atoms with van der Waals surface area (Å²) in [4.78, 5) is 36.4. The first-order valence-electron chi connectivity index (χ1n) is 7.21. The molecule has 1 heterocycles. The van der Waals surface area contributed by atoms with Gasteiger partial charge in [-0.25, -0.2) is 9.59 Å². The van der Waals surface area contributed by atoms with Crippen LogP contribution in [0.1, 0.15) is 13.8 Å². The lowest BCUT2D eigenvalue weighted by Gasteiger charge is -2.33. The van der Waals surface area contributed by atoms with Gasteiger partial charge in [0.2, 0.25) is 0 Å². The number of benzene rings is 1. The summed E-state index contributed by atoms with van der Waals surface area (Å²) >= 11 is 0. The van der Waals surface area contributed by atoms with Crippen molar-refractivity contribution in [3.63, 3.8) is 0 Å². The van der Waals surface area contributed by atoms with Gasteiger partial charge in [-0.05, 0) is 19.9 Å². The maximum atomic E-state index is 12.3. The first-order chi connectivity index (χ1) is 11.8. The van der Waals surface area contributed by atoms with Gasteiger partial charge < -0.3 is 14.8 Å². The Bertz CT molecular complexity index is 774. The Balaban J connectivity index is 2.72. The van der Waals surface area contributed by atoms with Crippen LogP contribution in [0.4, 0.5) is 11.4 Å². The highest BCUT2D eigenvalue weighted by atomic mass is 16.6. The van der Waals surface area contributed by atoms with Crippen molar-refractivity contribution in [2.45, 2.75) is 13.8 Å². The molecule has 1 aromatic carbocycles. The van der Waals surface area contributed by atoms with Crippen molar-refractivity contribution in [3.8, 4) is 0 Å². The van der Waals surface area contributed by atoms with E-state index in [1.54, 1.807) is 19.9 Å². The van der Waals surface area contributed by atoms with Crippen LogP contribution in [0.15, 0.2) is 47.1 Å². The van der Waals surface area contributed by atoms with E-state index in [1.165, 1.54) is 37.3 Å². The third-order valence-electron chi connectivity index (χ3n) is 3.59. The Labute approximate surface area is 143 Å². The van der Waals surface area contributed by atoms with E-state index < -0.39 is 16.9 Å². The van der Waals surface area contributed by atoms with Gasteiger partial charge in [-0.3, -0.25) is 15.0 Å². The maximum absolute atomic E-state index is 12.3. The topological polar surface area (TPSA) is 111 Å². The summed E-state index contributed by atoms with van der Waals surface area (Å²) in [6, 6.07) is 5.58. The number of nitro benzene ring substituents is 1. The van der Waals surface area contributed by atoms with Gasteiger partial charge in [0.05, 0.1) is 24.8 Å². The second kappa shape index (κ2) is 7.04. The van der Waals surface area contributed by atoms with Crippen molar-refractivity contribution in [2.75, 3.05) is 19.1 Å². The second-order valence-electron chi connectivity index (χ2n) is 5.17. The van der Waals surface area contributed by atoms with E-state index >= 15 is 0 Å². The van der Waals surface area contributed by atoms with Crippen LogP contribution >= 0.6 is 0 Å². The van der Waals surface area contributed by atoms with Gasteiger partial charge in [0.15, 0.2) is 11.4 Å². The normalized spacial score (nSPS) is 14.2.